The summed E-state index contributed by atoms with van der Waals surface area (Å²) in [5, 5.41) is 0. The molecule has 0 radical (unpaired) electrons. The topological polar surface area (TPSA) is 0 Å². The maximum absolute atomic E-state index is 13.9. The van der Waals surface area contributed by atoms with Crippen LogP contribution in [-0.2, 0) is 12.8 Å². The Morgan fingerprint density at radius 2 is 2.00 bits per heavy atom. The van der Waals surface area contributed by atoms with Gasteiger partial charge in [0, 0.05) is 5.56 Å². The van der Waals surface area contributed by atoms with Gasteiger partial charge in [-0.05, 0) is 60.8 Å². The van der Waals surface area contributed by atoms with E-state index >= 15 is 0 Å². The molecule has 0 saturated carbocycles. The average molecular weight is 298 g/mol. The zero-order chi connectivity index (χ0) is 15.5. The van der Waals surface area contributed by atoms with Crippen LogP contribution in [0.2, 0.25) is 0 Å². The molecule has 0 bridgehead atoms. The molecule has 0 amide bonds. The van der Waals surface area contributed by atoms with Crippen LogP contribution < -0.4 is 0 Å². The fraction of sp³-hybridized carbons (Fsp3) is 0.300. The molecule has 0 nitrogen and oxygen atoms in total. The van der Waals surface area contributed by atoms with E-state index in [1.165, 1.54) is 17.5 Å². The minimum absolute atomic E-state index is 0.344. The summed E-state index contributed by atoms with van der Waals surface area (Å²) < 4.78 is 27.3. The van der Waals surface area contributed by atoms with Crippen molar-refractivity contribution < 1.29 is 8.78 Å². The number of hydrogen-bond acceptors (Lipinski definition) is 0. The molecule has 2 aromatic rings. The van der Waals surface area contributed by atoms with Crippen LogP contribution in [0, 0.1) is 17.6 Å². The number of allylic oxidation sites excluding steroid dienone is 1. The summed E-state index contributed by atoms with van der Waals surface area (Å²) in [4.78, 5) is 0. The highest BCUT2D eigenvalue weighted by atomic mass is 19.2. The van der Waals surface area contributed by atoms with E-state index in [0.717, 1.165) is 37.3 Å². The van der Waals surface area contributed by atoms with Gasteiger partial charge in [-0.25, -0.2) is 8.78 Å². The molecular weight excluding hydrogens is 278 g/mol. The van der Waals surface area contributed by atoms with Crippen molar-refractivity contribution in [1.29, 1.82) is 0 Å². The molecule has 1 unspecified atom stereocenters. The minimum atomic E-state index is -0.792. The van der Waals surface area contributed by atoms with Crippen LogP contribution >= 0.6 is 0 Å². The van der Waals surface area contributed by atoms with Crippen molar-refractivity contribution in [1.82, 2.24) is 0 Å². The number of fused-ring (bicyclic) bond motifs is 1. The molecule has 1 atom stereocenters. The SMILES string of the molecule is C=CCCC1CCc2cc(-c3cccc(F)c3F)ccc2C1. The molecule has 0 fully saturated rings. The zero-order valence-corrected chi connectivity index (χ0v) is 12.6. The van der Waals surface area contributed by atoms with Crippen LogP contribution in [0.25, 0.3) is 11.1 Å². The Morgan fingerprint density at radius 1 is 1.14 bits per heavy atom. The molecule has 1 aliphatic carbocycles. The number of hydrogen-bond donors (Lipinski definition) is 0. The van der Waals surface area contributed by atoms with Gasteiger partial charge in [0.25, 0.3) is 0 Å². The van der Waals surface area contributed by atoms with Gasteiger partial charge in [-0.2, -0.15) is 0 Å². The maximum atomic E-state index is 13.9. The van der Waals surface area contributed by atoms with E-state index in [4.69, 9.17) is 0 Å². The fourth-order valence-electron chi connectivity index (χ4n) is 3.32. The highest BCUT2D eigenvalue weighted by Gasteiger charge is 2.19. The van der Waals surface area contributed by atoms with Crippen molar-refractivity contribution in [3.8, 4) is 11.1 Å². The van der Waals surface area contributed by atoms with E-state index in [0.29, 0.717) is 11.5 Å². The van der Waals surface area contributed by atoms with Crippen LogP contribution in [0.4, 0.5) is 8.78 Å². The van der Waals surface area contributed by atoms with E-state index in [9.17, 15) is 8.78 Å². The number of rotatable bonds is 4. The summed E-state index contributed by atoms with van der Waals surface area (Å²) in [7, 11) is 0. The lowest BCUT2D eigenvalue weighted by Gasteiger charge is -2.25. The molecule has 0 heterocycles. The second kappa shape index (κ2) is 6.43. The lowest BCUT2D eigenvalue weighted by molar-refractivity contribution is 0.431. The third-order valence-corrected chi connectivity index (χ3v) is 4.58. The Balaban J connectivity index is 1.86. The Bertz CT molecular complexity index is 688. The molecule has 114 valence electrons. The molecule has 0 saturated heterocycles. The van der Waals surface area contributed by atoms with Gasteiger partial charge in [-0.15, -0.1) is 6.58 Å². The highest BCUT2D eigenvalue weighted by molar-refractivity contribution is 5.66. The summed E-state index contributed by atoms with van der Waals surface area (Å²) in [5.41, 5.74) is 3.73. The van der Waals surface area contributed by atoms with Gasteiger partial charge in [0.2, 0.25) is 0 Å². The first kappa shape index (κ1) is 15.0. The molecule has 0 N–H and O–H groups in total. The third-order valence-electron chi connectivity index (χ3n) is 4.58. The van der Waals surface area contributed by atoms with E-state index < -0.39 is 11.6 Å². The van der Waals surface area contributed by atoms with Gasteiger partial charge >= 0.3 is 0 Å². The summed E-state index contributed by atoms with van der Waals surface area (Å²) >= 11 is 0. The Kier molecular flexibility index (Phi) is 4.37. The van der Waals surface area contributed by atoms with E-state index in [1.807, 2.05) is 18.2 Å². The molecule has 2 heteroatoms. The van der Waals surface area contributed by atoms with Crippen molar-refractivity contribution in [3.05, 3.63) is 71.8 Å². The monoisotopic (exact) mass is 298 g/mol. The lowest BCUT2D eigenvalue weighted by Crippen LogP contribution is -2.14. The summed E-state index contributed by atoms with van der Waals surface area (Å²) in [6, 6.07) is 10.4. The van der Waals surface area contributed by atoms with Crippen LogP contribution in [0.5, 0.6) is 0 Å². The van der Waals surface area contributed by atoms with Crippen molar-refractivity contribution >= 4 is 0 Å². The van der Waals surface area contributed by atoms with Crippen molar-refractivity contribution in [3.63, 3.8) is 0 Å². The third kappa shape index (κ3) is 2.96. The standard InChI is InChI=1S/C20H20F2/c1-2-3-5-14-8-9-16-13-17(11-10-15(16)12-14)18-6-4-7-19(21)20(18)22/h2,4,6-7,10-11,13-14H,1,3,5,8-9,12H2. The van der Waals surface area contributed by atoms with Crippen LogP contribution in [-0.4, -0.2) is 0 Å². The molecule has 22 heavy (non-hydrogen) atoms. The fourth-order valence-corrected chi connectivity index (χ4v) is 3.32. The van der Waals surface area contributed by atoms with Crippen molar-refractivity contribution in [2.24, 2.45) is 5.92 Å². The van der Waals surface area contributed by atoms with Gasteiger partial charge in [-0.3, -0.25) is 0 Å². The van der Waals surface area contributed by atoms with Crippen LogP contribution in [0.3, 0.4) is 0 Å². The first-order valence-corrected chi connectivity index (χ1v) is 7.86. The number of halogens is 2. The summed E-state index contributed by atoms with van der Waals surface area (Å²) in [6.45, 7) is 3.78. The summed E-state index contributed by atoms with van der Waals surface area (Å²) in [6.07, 6.45) is 7.48. The number of benzene rings is 2. The van der Waals surface area contributed by atoms with Gasteiger partial charge < -0.3 is 0 Å². The maximum Gasteiger partial charge on any atom is 0.166 e. The normalized spacial score (nSPS) is 17.1. The van der Waals surface area contributed by atoms with Crippen LogP contribution in [0.15, 0.2) is 49.1 Å². The first-order chi connectivity index (χ1) is 10.7. The molecular formula is C20H20F2. The predicted octanol–water partition coefficient (Wildman–Crippen LogP) is 5.70. The van der Waals surface area contributed by atoms with E-state index in [-0.39, 0.29) is 0 Å². The quantitative estimate of drug-likeness (QED) is 0.635. The smallest absolute Gasteiger partial charge is 0.166 e. The molecule has 1 aliphatic rings. The lowest BCUT2D eigenvalue weighted by atomic mass is 9.80. The zero-order valence-electron chi connectivity index (χ0n) is 12.6. The molecule has 2 aromatic carbocycles. The van der Waals surface area contributed by atoms with Gasteiger partial charge in [0.15, 0.2) is 11.6 Å². The number of aryl methyl sites for hydroxylation is 1. The van der Waals surface area contributed by atoms with Gasteiger partial charge in [-0.1, -0.05) is 36.4 Å². The second-order valence-electron chi connectivity index (χ2n) is 6.06. The predicted molar refractivity (Wildman–Crippen MR) is 86.7 cm³/mol. The molecule has 0 aliphatic heterocycles. The molecule has 0 spiro atoms. The Hall–Kier alpha value is -1.96. The highest BCUT2D eigenvalue weighted by Crippen LogP contribution is 2.32. The van der Waals surface area contributed by atoms with Crippen molar-refractivity contribution in [2.75, 3.05) is 0 Å². The minimum Gasteiger partial charge on any atom is -0.204 e. The van der Waals surface area contributed by atoms with Gasteiger partial charge in [0.1, 0.15) is 0 Å². The molecule has 3 rings (SSSR count). The molecule has 0 aromatic heterocycles. The van der Waals surface area contributed by atoms with Gasteiger partial charge in [0.05, 0.1) is 0 Å². The van der Waals surface area contributed by atoms with Crippen LogP contribution in [0.1, 0.15) is 30.4 Å². The first-order valence-electron chi connectivity index (χ1n) is 7.86. The Morgan fingerprint density at radius 3 is 2.82 bits per heavy atom. The second-order valence-corrected chi connectivity index (χ2v) is 6.06. The summed E-state index contributed by atoms with van der Waals surface area (Å²) in [5.74, 6) is -0.843. The average Bonchev–Trinajstić information content (AvgIpc) is 2.55. The van der Waals surface area contributed by atoms with E-state index in [2.05, 4.69) is 12.6 Å². The Labute approximate surface area is 130 Å². The van der Waals surface area contributed by atoms with Crippen molar-refractivity contribution in [2.45, 2.75) is 32.1 Å². The largest absolute Gasteiger partial charge is 0.204 e. The van der Waals surface area contributed by atoms with E-state index in [1.54, 1.807) is 12.1 Å².